The predicted molar refractivity (Wildman–Crippen MR) is 79.2 cm³/mol. The van der Waals surface area contributed by atoms with Crippen LogP contribution in [0.3, 0.4) is 0 Å². The van der Waals surface area contributed by atoms with Crippen LogP contribution in [0, 0.1) is 5.41 Å². The first-order valence-corrected chi connectivity index (χ1v) is 8.63. The monoisotopic (exact) mass is 602 g/mol. The van der Waals surface area contributed by atoms with Crippen molar-refractivity contribution in [3.05, 3.63) is 12.2 Å². The Kier molecular flexibility index (Phi) is 8.23. The minimum absolute atomic E-state index is 0.129. The van der Waals surface area contributed by atoms with Crippen LogP contribution in [-0.2, 0) is 0 Å². The van der Waals surface area contributed by atoms with Crippen molar-refractivity contribution in [1.82, 2.24) is 0 Å². The van der Waals surface area contributed by atoms with Crippen LogP contribution in [0.2, 0.25) is 0 Å². The van der Waals surface area contributed by atoms with Gasteiger partial charge in [0.05, 0.1) is 0 Å². The summed E-state index contributed by atoms with van der Waals surface area (Å²) in [6.45, 7) is 2.62. The molecular formula is C16H11F21. The van der Waals surface area contributed by atoms with Crippen LogP contribution in [0.1, 0.15) is 20.8 Å². The van der Waals surface area contributed by atoms with Crippen molar-refractivity contribution in [1.29, 1.82) is 0 Å². The highest BCUT2D eigenvalue weighted by Crippen LogP contribution is 2.66. The fourth-order valence-corrected chi connectivity index (χ4v) is 2.03. The first kappa shape index (κ1) is 35.3. The fraction of sp³-hybridized carbons (Fsp3) is 0.875. The third-order valence-corrected chi connectivity index (χ3v) is 4.33. The average molecular weight is 602 g/mol. The normalized spacial score (nSPS) is 17.1. The Morgan fingerprint density at radius 1 is 0.297 bits per heavy atom. The minimum atomic E-state index is -9.16. The first-order valence-electron chi connectivity index (χ1n) is 8.63. The van der Waals surface area contributed by atoms with Gasteiger partial charge in [0.2, 0.25) is 0 Å². The van der Waals surface area contributed by atoms with Gasteiger partial charge in [0.1, 0.15) is 0 Å². The number of alkyl halides is 21. The molecule has 0 amide bonds. The molecule has 0 spiro atoms. The van der Waals surface area contributed by atoms with Crippen LogP contribution in [0.5, 0.6) is 0 Å². The summed E-state index contributed by atoms with van der Waals surface area (Å²) >= 11 is 0. The molecule has 0 heterocycles. The zero-order chi connectivity index (χ0) is 30.9. The zero-order valence-corrected chi connectivity index (χ0v) is 17.6. The average Bonchev–Trinajstić information content (AvgIpc) is 2.63. The number of halogens is 21. The van der Waals surface area contributed by atoms with Gasteiger partial charge in [-0.3, -0.25) is 0 Å². The Bertz CT molecular complexity index is 851. The Hall–Kier alpha value is -1.73. The lowest BCUT2D eigenvalue weighted by Crippen LogP contribution is -2.76. The van der Waals surface area contributed by atoms with Gasteiger partial charge >= 0.3 is 59.5 Å². The summed E-state index contributed by atoms with van der Waals surface area (Å²) in [5.74, 6) is -76.8. The molecule has 0 radical (unpaired) electrons. The molecule has 0 aromatic heterocycles. The molecule has 0 aliphatic carbocycles. The van der Waals surface area contributed by atoms with Crippen molar-refractivity contribution < 1.29 is 92.2 Å². The van der Waals surface area contributed by atoms with E-state index in [1.54, 1.807) is 0 Å². The molecule has 21 heteroatoms. The van der Waals surface area contributed by atoms with Gasteiger partial charge in [-0.05, 0) is 11.5 Å². The Balaban J connectivity index is 7.08. The lowest BCUT2D eigenvalue weighted by Gasteiger charge is -2.44. The van der Waals surface area contributed by atoms with E-state index < -0.39 is 71.0 Å². The third kappa shape index (κ3) is 4.80. The molecule has 37 heavy (non-hydrogen) atoms. The van der Waals surface area contributed by atoms with Gasteiger partial charge < -0.3 is 0 Å². The molecule has 0 rings (SSSR count). The summed E-state index contributed by atoms with van der Waals surface area (Å²) < 4.78 is 277. The van der Waals surface area contributed by atoms with E-state index in [0.29, 0.717) is 0 Å². The van der Waals surface area contributed by atoms with Gasteiger partial charge in [-0.25, -0.2) is 0 Å². The maximum atomic E-state index is 13.6. The highest BCUT2D eigenvalue weighted by Gasteiger charge is 2.97. The number of rotatable bonds is 9. The second-order valence-corrected chi connectivity index (χ2v) is 8.42. The molecule has 0 aromatic rings. The van der Waals surface area contributed by atoms with Gasteiger partial charge in [-0.15, -0.1) is 0 Å². The molecule has 0 nitrogen and oxygen atoms in total. The third-order valence-electron chi connectivity index (χ3n) is 4.33. The molecule has 0 saturated carbocycles. The molecule has 0 aromatic carbocycles. The molecule has 0 atom stereocenters. The van der Waals surface area contributed by atoms with E-state index in [4.69, 9.17) is 0 Å². The van der Waals surface area contributed by atoms with Gasteiger partial charge in [-0.1, -0.05) is 26.8 Å². The quantitative estimate of drug-likeness (QED) is 0.183. The molecule has 0 unspecified atom stereocenters. The summed E-state index contributed by atoms with van der Waals surface area (Å²) in [4.78, 5) is 0. The van der Waals surface area contributed by atoms with Crippen LogP contribution in [0.25, 0.3) is 0 Å². The van der Waals surface area contributed by atoms with Crippen LogP contribution in [0.4, 0.5) is 92.2 Å². The molecule has 0 aliphatic rings. The standard InChI is InChI=1S/C16H11F21/c1-6(2,3)4-5-7(17,18)8(19,20)9(21,22)10(23,24)11(25,26)12(27,28)13(29,30)14(31,32)15(33,34)16(35,36)37/h4-5H,1-3H3. The smallest absolute Gasteiger partial charge is 0.195 e. The second-order valence-electron chi connectivity index (χ2n) is 8.42. The fourth-order valence-electron chi connectivity index (χ4n) is 2.03. The van der Waals surface area contributed by atoms with E-state index in [9.17, 15) is 92.2 Å². The topological polar surface area (TPSA) is 0 Å². The SMILES string of the molecule is CC(C)(C)C=CC(F)(F)C(F)(F)C(F)(F)C(F)(F)C(F)(F)C(F)(F)C(F)(F)C(F)(F)C(F)(F)C(F)(F)F. The first-order chi connectivity index (χ1) is 15.5. The number of hydrogen-bond donors (Lipinski definition) is 0. The Morgan fingerprint density at radius 3 is 0.730 bits per heavy atom. The van der Waals surface area contributed by atoms with Crippen LogP contribution < -0.4 is 0 Å². The van der Waals surface area contributed by atoms with E-state index in [1.165, 1.54) is 0 Å². The highest BCUT2D eigenvalue weighted by molar-refractivity contribution is 5.20. The van der Waals surface area contributed by atoms with Crippen LogP contribution in [-0.4, -0.2) is 59.5 Å². The highest BCUT2D eigenvalue weighted by atomic mass is 19.4. The molecule has 0 bridgehead atoms. The van der Waals surface area contributed by atoms with Crippen molar-refractivity contribution in [2.45, 2.75) is 80.3 Å². The lowest BCUT2D eigenvalue weighted by atomic mass is 9.85. The predicted octanol–water partition coefficient (Wildman–Crippen LogP) is 8.87. The summed E-state index contributed by atoms with van der Waals surface area (Å²) in [5, 5.41) is 0. The van der Waals surface area contributed by atoms with Gasteiger partial charge in [-0.2, -0.15) is 92.2 Å². The molecule has 222 valence electrons. The lowest BCUT2D eigenvalue weighted by molar-refractivity contribution is -0.473. The summed E-state index contributed by atoms with van der Waals surface area (Å²) in [5.41, 5.74) is -1.67. The summed E-state index contributed by atoms with van der Waals surface area (Å²) in [6.07, 6.45) is -9.44. The van der Waals surface area contributed by atoms with E-state index in [0.717, 1.165) is 20.8 Å². The summed E-state index contributed by atoms with van der Waals surface area (Å²) in [6, 6.07) is 0. The number of allylic oxidation sites excluding steroid dienone is 2. The van der Waals surface area contributed by atoms with Crippen molar-refractivity contribution >= 4 is 0 Å². The Labute approximate surface area is 191 Å². The molecule has 0 saturated heterocycles. The van der Waals surface area contributed by atoms with Gasteiger partial charge in [0.25, 0.3) is 0 Å². The minimum Gasteiger partial charge on any atom is -0.195 e. The maximum Gasteiger partial charge on any atom is 0.460 e. The van der Waals surface area contributed by atoms with Crippen LogP contribution >= 0.6 is 0 Å². The summed E-state index contributed by atoms with van der Waals surface area (Å²) in [7, 11) is 0. The van der Waals surface area contributed by atoms with Crippen molar-refractivity contribution in [3.8, 4) is 0 Å². The zero-order valence-electron chi connectivity index (χ0n) is 17.6. The van der Waals surface area contributed by atoms with Crippen molar-refractivity contribution in [2.24, 2.45) is 5.41 Å². The van der Waals surface area contributed by atoms with Gasteiger partial charge in [0.15, 0.2) is 0 Å². The van der Waals surface area contributed by atoms with Crippen LogP contribution in [0.15, 0.2) is 12.2 Å². The van der Waals surface area contributed by atoms with E-state index >= 15 is 0 Å². The van der Waals surface area contributed by atoms with E-state index in [1.807, 2.05) is 0 Å². The Morgan fingerprint density at radius 2 is 0.514 bits per heavy atom. The molecule has 0 aliphatic heterocycles. The van der Waals surface area contributed by atoms with Gasteiger partial charge in [0, 0.05) is 0 Å². The van der Waals surface area contributed by atoms with E-state index in [2.05, 4.69) is 0 Å². The maximum absolute atomic E-state index is 13.6. The molecular weight excluding hydrogens is 591 g/mol. The molecule has 0 N–H and O–H groups in total. The second kappa shape index (κ2) is 8.64. The molecule has 0 fully saturated rings. The van der Waals surface area contributed by atoms with Crippen molar-refractivity contribution in [2.75, 3.05) is 0 Å². The van der Waals surface area contributed by atoms with E-state index in [-0.39, 0.29) is 6.08 Å². The number of hydrogen-bond acceptors (Lipinski definition) is 0. The van der Waals surface area contributed by atoms with Crippen molar-refractivity contribution in [3.63, 3.8) is 0 Å². The largest absolute Gasteiger partial charge is 0.460 e.